The molecular formula is C19H30N4O2. The van der Waals surface area contributed by atoms with Gasteiger partial charge < -0.3 is 19.9 Å². The molecule has 1 N–H and O–H groups in total. The van der Waals surface area contributed by atoms with Gasteiger partial charge in [0.25, 0.3) is 0 Å². The number of carbonyl (C=O) groups excluding carboxylic acids is 1. The minimum Gasteiger partial charge on any atom is -0.372 e. The number of aromatic nitrogens is 1. The van der Waals surface area contributed by atoms with E-state index in [1.54, 1.807) is 0 Å². The van der Waals surface area contributed by atoms with Gasteiger partial charge in [-0.2, -0.15) is 0 Å². The average molecular weight is 346 g/mol. The average Bonchev–Trinajstić information content (AvgIpc) is 2.63. The highest BCUT2D eigenvalue weighted by Gasteiger charge is 2.33. The van der Waals surface area contributed by atoms with Crippen LogP contribution < -0.4 is 10.2 Å². The van der Waals surface area contributed by atoms with Crippen molar-refractivity contribution in [3.05, 3.63) is 23.9 Å². The van der Waals surface area contributed by atoms with Gasteiger partial charge in [0.15, 0.2) is 0 Å². The number of aryl methyl sites for hydroxylation is 1. The summed E-state index contributed by atoms with van der Waals surface area (Å²) in [5.41, 5.74) is 0.964. The lowest BCUT2D eigenvalue weighted by atomic mass is 10.0. The number of amides is 2. The van der Waals surface area contributed by atoms with Crippen molar-refractivity contribution in [3.63, 3.8) is 0 Å². The molecule has 6 nitrogen and oxygen atoms in total. The summed E-state index contributed by atoms with van der Waals surface area (Å²) < 4.78 is 5.82. The van der Waals surface area contributed by atoms with Gasteiger partial charge in [-0.3, -0.25) is 0 Å². The number of rotatable bonds is 3. The summed E-state index contributed by atoms with van der Waals surface area (Å²) >= 11 is 0. The third kappa shape index (κ3) is 4.42. The van der Waals surface area contributed by atoms with Gasteiger partial charge in [0, 0.05) is 31.9 Å². The Morgan fingerprint density at radius 2 is 2.12 bits per heavy atom. The van der Waals surface area contributed by atoms with Gasteiger partial charge in [-0.1, -0.05) is 13.0 Å². The maximum Gasteiger partial charge on any atom is 0.317 e. The molecule has 1 unspecified atom stereocenters. The first kappa shape index (κ1) is 18.0. The van der Waals surface area contributed by atoms with E-state index in [2.05, 4.69) is 41.2 Å². The molecule has 0 spiro atoms. The number of carbonyl (C=O) groups is 1. The second-order valence-electron chi connectivity index (χ2n) is 7.48. The van der Waals surface area contributed by atoms with Crippen LogP contribution in [0.1, 0.15) is 38.7 Å². The highest BCUT2D eigenvalue weighted by molar-refractivity contribution is 5.74. The first-order valence-corrected chi connectivity index (χ1v) is 9.36. The Morgan fingerprint density at radius 3 is 2.76 bits per heavy atom. The van der Waals surface area contributed by atoms with Gasteiger partial charge in [-0.25, -0.2) is 9.78 Å². The molecule has 0 radical (unpaired) electrons. The fraction of sp³-hybridized carbons (Fsp3) is 0.684. The van der Waals surface area contributed by atoms with Gasteiger partial charge in [-0.05, 0) is 44.7 Å². The number of morpholine rings is 1. The number of hydrogen-bond acceptors (Lipinski definition) is 4. The minimum absolute atomic E-state index is 0.0508. The van der Waals surface area contributed by atoms with Crippen LogP contribution in [0.15, 0.2) is 18.3 Å². The molecular weight excluding hydrogens is 316 g/mol. The van der Waals surface area contributed by atoms with Crippen LogP contribution in [0.4, 0.5) is 10.6 Å². The zero-order valence-corrected chi connectivity index (χ0v) is 15.6. The summed E-state index contributed by atoms with van der Waals surface area (Å²) in [6.07, 6.45) is 4.73. The first-order valence-electron chi connectivity index (χ1n) is 9.36. The van der Waals surface area contributed by atoms with E-state index in [-0.39, 0.29) is 17.7 Å². The fourth-order valence-corrected chi connectivity index (χ4v) is 3.48. The quantitative estimate of drug-likeness (QED) is 0.914. The number of anilines is 1. The Bertz CT molecular complexity index is 584. The van der Waals surface area contributed by atoms with E-state index in [0.717, 1.165) is 38.2 Å². The van der Waals surface area contributed by atoms with Gasteiger partial charge in [0.05, 0.1) is 18.8 Å². The fourth-order valence-electron chi connectivity index (χ4n) is 3.48. The van der Waals surface area contributed by atoms with Crippen LogP contribution in [0.5, 0.6) is 0 Å². The molecule has 2 saturated heterocycles. The second kappa shape index (κ2) is 7.60. The number of urea groups is 1. The van der Waals surface area contributed by atoms with E-state index in [4.69, 9.17) is 4.74 Å². The Labute approximate surface area is 150 Å². The summed E-state index contributed by atoms with van der Waals surface area (Å²) in [4.78, 5) is 21.3. The van der Waals surface area contributed by atoms with Crippen molar-refractivity contribution in [2.24, 2.45) is 0 Å². The maximum atomic E-state index is 12.6. The number of hydrogen-bond donors (Lipinski definition) is 1. The normalized spacial score (nSPS) is 25.1. The molecule has 2 aliphatic rings. The van der Waals surface area contributed by atoms with Crippen molar-refractivity contribution in [1.82, 2.24) is 15.2 Å². The molecule has 25 heavy (non-hydrogen) atoms. The zero-order valence-electron chi connectivity index (χ0n) is 15.6. The van der Waals surface area contributed by atoms with Gasteiger partial charge >= 0.3 is 6.03 Å². The lowest BCUT2D eigenvalue weighted by molar-refractivity contribution is -0.0874. The molecule has 0 saturated carbocycles. The van der Waals surface area contributed by atoms with Gasteiger partial charge in [0.1, 0.15) is 5.82 Å². The Balaban J connectivity index is 1.48. The summed E-state index contributed by atoms with van der Waals surface area (Å²) in [5.74, 6) is 1.03. The number of nitrogens with zero attached hydrogens (tertiary/aromatic N) is 3. The van der Waals surface area contributed by atoms with Crippen molar-refractivity contribution < 1.29 is 9.53 Å². The predicted octanol–water partition coefficient (Wildman–Crippen LogP) is 2.57. The largest absolute Gasteiger partial charge is 0.372 e. The van der Waals surface area contributed by atoms with Crippen LogP contribution in [-0.2, 0) is 4.74 Å². The lowest BCUT2D eigenvalue weighted by Gasteiger charge is -2.41. The Morgan fingerprint density at radius 1 is 1.36 bits per heavy atom. The maximum absolute atomic E-state index is 12.6. The molecule has 3 heterocycles. The Kier molecular flexibility index (Phi) is 5.47. The molecule has 3 rings (SSSR count). The van der Waals surface area contributed by atoms with E-state index in [1.807, 2.05) is 18.0 Å². The molecule has 0 bridgehead atoms. The highest BCUT2D eigenvalue weighted by atomic mass is 16.5. The van der Waals surface area contributed by atoms with E-state index >= 15 is 0 Å². The zero-order chi connectivity index (χ0) is 17.9. The van der Waals surface area contributed by atoms with Crippen LogP contribution in [0.3, 0.4) is 0 Å². The molecule has 2 aliphatic heterocycles. The third-order valence-corrected chi connectivity index (χ3v) is 5.41. The van der Waals surface area contributed by atoms with E-state index in [1.165, 1.54) is 5.56 Å². The van der Waals surface area contributed by atoms with Crippen molar-refractivity contribution >= 4 is 11.8 Å². The summed E-state index contributed by atoms with van der Waals surface area (Å²) in [5, 5.41) is 3.22. The van der Waals surface area contributed by atoms with Gasteiger partial charge in [-0.15, -0.1) is 0 Å². The molecule has 1 aromatic rings. The Hall–Kier alpha value is -1.82. The number of ether oxygens (including phenoxy) is 1. The molecule has 2 fully saturated rings. The lowest BCUT2D eigenvalue weighted by Crippen LogP contribution is -2.56. The SMILES string of the molecule is CCC1(C)CN(C(=O)NC2CCN(c3ccc(C)cn3)CC2)CCO1. The standard InChI is InChI=1S/C19H30N4O2/c1-4-19(3)14-23(11-12-25-19)18(24)21-16-7-9-22(10-8-16)17-6-5-15(2)13-20-17/h5-6,13,16H,4,7-12,14H2,1-3H3,(H,21,24). The molecule has 2 amide bonds. The van der Waals surface area contributed by atoms with Crippen LogP contribution in [0.2, 0.25) is 0 Å². The van der Waals surface area contributed by atoms with Crippen LogP contribution in [-0.4, -0.2) is 60.3 Å². The topological polar surface area (TPSA) is 57.7 Å². The molecule has 0 aliphatic carbocycles. The molecule has 1 atom stereocenters. The monoisotopic (exact) mass is 346 g/mol. The van der Waals surface area contributed by atoms with Crippen molar-refractivity contribution in [2.75, 3.05) is 37.7 Å². The third-order valence-electron chi connectivity index (χ3n) is 5.41. The molecule has 0 aromatic carbocycles. The minimum atomic E-state index is -0.212. The smallest absolute Gasteiger partial charge is 0.317 e. The predicted molar refractivity (Wildman–Crippen MR) is 99.0 cm³/mol. The van der Waals surface area contributed by atoms with Crippen molar-refractivity contribution in [1.29, 1.82) is 0 Å². The number of pyridine rings is 1. The number of piperidine rings is 1. The number of nitrogens with one attached hydrogen (secondary N) is 1. The van der Waals surface area contributed by atoms with Crippen LogP contribution in [0, 0.1) is 6.92 Å². The molecule has 6 heteroatoms. The highest BCUT2D eigenvalue weighted by Crippen LogP contribution is 2.22. The second-order valence-corrected chi connectivity index (χ2v) is 7.48. The van der Waals surface area contributed by atoms with Crippen molar-refractivity contribution in [2.45, 2.75) is 51.7 Å². The van der Waals surface area contributed by atoms with E-state index in [0.29, 0.717) is 19.7 Å². The summed E-state index contributed by atoms with van der Waals surface area (Å²) in [6, 6.07) is 4.47. The first-order chi connectivity index (χ1) is 12.0. The molecule has 1 aromatic heterocycles. The summed E-state index contributed by atoms with van der Waals surface area (Å²) in [6.45, 7) is 10.1. The summed E-state index contributed by atoms with van der Waals surface area (Å²) in [7, 11) is 0. The van der Waals surface area contributed by atoms with E-state index < -0.39 is 0 Å². The van der Waals surface area contributed by atoms with Crippen molar-refractivity contribution in [3.8, 4) is 0 Å². The molecule has 138 valence electrons. The van der Waals surface area contributed by atoms with Crippen LogP contribution >= 0.6 is 0 Å². The van der Waals surface area contributed by atoms with Gasteiger partial charge in [0.2, 0.25) is 0 Å². The van der Waals surface area contributed by atoms with E-state index in [9.17, 15) is 4.79 Å². The van der Waals surface area contributed by atoms with Crippen LogP contribution in [0.25, 0.3) is 0 Å².